The van der Waals surface area contributed by atoms with Crippen LogP contribution in [0.2, 0.25) is 0 Å². The number of benzene rings is 1. The number of alkyl halides is 1. The molecule has 29 heavy (non-hydrogen) atoms. The number of amides is 1. The molecule has 6 nitrogen and oxygen atoms in total. The molecule has 2 atom stereocenters. The van der Waals surface area contributed by atoms with E-state index in [0.717, 1.165) is 16.6 Å². The van der Waals surface area contributed by atoms with Crippen molar-refractivity contribution < 1.29 is 13.6 Å². The monoisotopic (exact) mass is 391 g/mol. The number of carbonyl (C=O) groups is 1. The Hall–Kier alpha value is -3.68. The molecule has 5 rings (SSSR count). The van der Waals surface area contributed by atoms with Crippen molar-refractivity contribution in [3.8, 4) is 16.9 Å². The first-order valence-electron chi connectivity index (χ1n) is 9.10. The molecule has 3 aromatic heterocycles. The fourth-order valence-electron chi connectivity index (χ4n) is 3.15. The second-order valence-electron chi connectivity index (χ2n) is 6.94. The molecule has 1 saturated carbocycles. The predicted octanol–water partition coefficient (Wildman–Crippen LogP) is 3.92. The number of fused-ring (bicyclic) bond motifs is 1. The SMILES string of the molecule is O=C(Nc1ccc(F)c(-n2cc3cc(-c4ccccn4)cnc3n2)c1)[C@@H]1C[C@@H]1F. The van der Waals surface area contributed by atoms with E-state index in [9.17, 15) is 13.6 Å². The van der Waals surface area contributed by atoms with Gasteiger partial charge in [0.15, 0.2) is 5.65 Å². The second kappa shape index (κ2) is 6.73. The molecule has 1 amide bonds. The van der Waals surface area contributed by atoms with Crippen LogP contribution in [0.25, 0.3) is 28.0 Å². The Labute approximate surface area is 164 Å². The van der Waals surface area contributed by atoms with E-state index >= 15 is 0 Å². The maximum Gasteiger partial charge on any atom is 0.230 e. The van der Waals surface area contributed by atoms with Crippen LogP contribution in [0.4, 0.5) is 14.5 Å². The molecule has 1 aliphatic carbocycles. The highest BCUT2D eigenvalue weighted by atomic mass is 19.1. The van der Waals surface area contributed by atoms with Crippen LogP contribution in [0.5, 0.6) is 0 Å². The van der Waals surface area contributed by atoms with Crippen LogP contribution < -0.4 is 5.32 Å². The highest BCUT2D eigenvalue weighted by molar-refractivity contribution is 5.95. The molecular weight excluding hydrogens is 376 g/mol. The summed E-state index contributed by atoms with van der Waals surface area (Å²) >= 11 is 0. The lowest BCUT2D eigenvalue weighted by atomic mass is 10.1. The molecule has 1 aromatic carbocycles. The minimum absolute atomic E-state index is 0.160. The van der Waals surface area contributed by atoms with E-state index in [-0.39, 0.29) is 12.1 Å². The van der Waals surface area contributed by atoms with Gasteiger partial charge in [0.05, 0.1) is 11.6 Å². The molecule has 0 unspecified atom stereocenters. The van der Waals surface area contributed by atoms with Gasteiger partial charge in [0, 0.05) is 35.2 Å². The zero-order valence-electron chi connectivity index (χ0n) is 15.1. The van der Waals surface area contributed by atoms with Crippen molar-refractivity contribution in [3.63, 3.8) is 0 Å². The van der Waals surface area contributed by atoms with E-state index < -0.39 is 23.8 Å². The van der Waals surface area contributed by atoms with Crippen molar-refractivity contribution in [2.45, 2.75) is 12.6 Å². The van der Waals surface area contributed by atoms with E-state index in [0.29, 0.717) is 11.3 Å². The van der Waals surface area contributed by atoms with Gasteiger partial charge in [-0.1, -0.05) is 6.07 Å². The fraction of sp³-hybridized carbons (Fsp3) is 0.143. The summed E-state index contributed by atoms with van der Waals surface area (Å²) in [5.41, 5.74) is 2.60. The van der Waals surface area contributed by atoms with Gasteiger partial charge >= 0.3 is 0 Å². The summed E-state index contributed by atoms with van der Waals surface area (Å²) in [6, 6.07) is 11.6. The molecule has 3 heterocycles. The Morgan fingerprint density at radius 3 is 2.79 bits per heavy atom. The van der Waals surface area contributed by atoms with Gasteiger partial charge in [-0.15, -0.1) is 5.10 Å². The molecule has 1 aliphatic rings. The highest BCUT2D eigenvalue weighted by Crippen LogP contribution is 2.35. The topological polar surface area (TPSA) is 72.7 Å². The molecule has 1 N–H and O–H groups in total. The van der Waals surface area contributed by atoms with E-state index in [2.05, 4.69) is 20.4 Å². The third kappa shape index (κ3) is 3.33. The number of hydrogen-bond donors (Lipinski definition) is 1. The summed E-state index contributed by atoms with van der Waals surface area (Å²) in [4.78, 5) is 20.6. The van der Waals surface area contributed by atoms with Gasteiger partial charge < -0.3 is 5.32 Å². The van der Waals surface area contributed by atoms with Gasteiger partial charge in [-0.05, 0) is 42.8 Å². The molecular formula is C21H15F2N5O. The Balaban J connectivity index is 1.48. The number of pyridine rings is 2. The summed E-state index contributed by atoms with van der Waals surface area (Å²) in [7, 11) is 0. The van der Waals surface area contributed by atoms with Crippen LogP contribution in [0.15, 0.2) is 61.1 Å². The van der Waals surface area contributed by atoms with Crippen LogP contribution in [0.1, 0.15) is 6.42 Å². The lowest BCUT2D eigenvalue weighted by Gasteiger charge is -2.08. The lowest BCUT2D eigenvalue weighted by Crippen LogP contribution is -2.15. The van der Waals surface area contributed by atoms with Crippen molar-refractivity contribution in [2.24, 2.45) is 5.92 Å². The third-order valence-corrected chi connectivity index (χ3v) is 4.83. The maximum absolute atomic E-state index is 14.4. The number of anilines is 1. The largest absolute Gasteiger partial charge is 0.326 e. The van der Waals surface area contributed by atoms with Crippen LogP contribution in [0, 0.1) is 11.7 Å². The first-order chi connectivity index (χ1) is 14.1. The molecule has 1 fully saturated rings. The quantitative estimate of drug-likeness (QED) is 0.572. The summed E-state index contributed by atoms with van der Waals surface area (Å²) in [6.07, 6.45) is 4.17. The predicted molar refractivity (Wildman–Crippen MR) is 104 cm³/mol. The zero-order chi connectivity index (χ0) is 20.0. The van der Waals surface area contributed by atoms with E-state index in [1.54, 1.807) is 18.6 Å². The molecule has 144 valence electrons. The van der Waals surface area contributed by atoms with Gasteiger partial charge in [-0.2, -0.15) is 0 Å². The van der Waals surface area contributed by atoms with Gasteiger partial charge in [0.25, 0.3) is 0 Å². The van der Waals surface area contributed by atoms with Gasteiger partial charge in [0.2, 0.25) is 5.91 Å². The zero-order valence-corrected chi connectivity index (χ0v) is 15.1. The molecule has 4 aromatic rings. The minimum atomic E-state index is -1.09. The standard InChI is InChI=1S/C21H15F2N5O/c22-16-5-4-14(26-21(29)15-9-17(15)23)8-19(16)28-11-13-7-12(10-25-20(13)27-28)18-3-1-2-6-24-18/h1-8,10-11,15,17H,9H2,(H,26,29)/t15-,17+/m1/s1. The summed E-state index contributed by atoms with van der Waals surface area (Å²) in [5.74, 6) is -1.53. The molecule has 8 heteroatoms. The highest BCUT2D eigenvalue weighted by Gasteiger charge is 2.43. The number of nitrogens with one attached hydrogen (secondary N) is 1. The van der Waals surface area contributed by atoms with Gasteiger partial charge in [-0.25, -0.2) is 18.4 Å². The Kier molecular flexibility index (Phi) is 4.04. The molecule has 0 bridgehead atoms. The normalized spacial score (nSPS) is 18.0. The molecule has 0 radical (unpaired) electrons. The van der Waals surface area contributed by atoms with Gasteiger partial charge in [0.1, 0.15) is 17.7 Å². The van der Waals surface area contributed by atoms with Crippen molar-refractivity contribution >= 4 is 22.6 Å². The molecule has 0 aliphatic heterocycles. The summed E-state index contributed by atoms with van der Waals surface area (Å²) in [6.45, 7) is 0. The Morgan fingerprint density at radius 1 is 1.17 bits per heavy atom. The van der Waals surface area contributed by atoms with E-state index in [4.69, 9.17) is 0 Å². The third-order valence-electron chi connectivity index (χ3n) is 4.83. The van der Waals surface area contributed by atoms with E-state index in [1.807, 2.05) is 24.3 Å². The average molecular weight is 391 g/mol. The van der Waals surface area contributed by atoms with Crippen molar-refractivity contribution in [1.82, 2.24) is 19.7 Å². The smallest absolute Gasteiger partial charge is 0.230 e. The number of nitrogens with zero attached hydrogens (tertiary/aromatic N) is 4. The van der Waals surface area contributed by atoms with Crippen molar-refractivity contribution in [1.29, 1.82) is 0 Å². The summed E-state index contributed by atoms with van der Waals surface area (Å²) in [5, 5.41) is 7.68. The maximum atomic E-state index is 14.4. The number of halogens is 2. The van der Waals surface area contributed by atoms with Crippen LogP contribution in [0.3, 0.4) is 0 Å². The molecule has 0 saturated heterocycles. The lowest BCUT2D eigenvalue weighted by molar-refractivity contribution is -0.117. The first-order valence-corrected chi connectivity index (χ1v) is 9.10. The van der Waals surface area contributed by atoms with Crippen LogP contribution >= 0.6 is 0 Å². The van der Waals surface area contributed by atoms with E-state index in [1.165, 1.54) is 22.9 Å². The van der Waals surface area contributed by atoms with Crippen molar-refractivity contribution in [2.75, 3.05) is 5.32 Å². The number of hydrogen-bond acceptors (Lipinski definition) is 4. The van der Waals surface area contributed by atoms with Crippen molar-refractivity contribution in [3.05, 3.63) is 66.9 Å². The fourth-order valence-corrected chi connectivity index (χ4v) is 3.15. The number of rotatable bonds is 4. The Morgan fingerprint density at radius 2 is 2.03 bits per heavy atom. The van der Waals surface area contributed by atoms with Gasteiger partial charge in [-0.3, -0.25) is 9.78 Å². The summed E-state index contributed by atoms with van der Waals surface area (Å²) < 4.78 is 28.9. The van der Waals surface area contributed by atoms with Crippen LogP contribution in [-0.2, 0) is 4.79 Å². The van der Waals surface area contributed by atoms with Crippen LogP contribution in [-0.4, -0.2) is 31.8 Å². The Bertz CT molecular complexity index is 1220. The second-order valence-corrected chi connectivity index (χ2v) is 6.94. The number of aromatic nitrogens is 4. The minimum Gasteiger partial charge on any atom is -0.326 e. The number of carbonyl (C=O) groups excluding carboxylic acids is 1. The average Bonchev–Trinajstić information content (AvgIpc) is 3.32. The first kappa shape index (κ1) is 17.4. The molecule has 0 spiro atoms.